The van der Waals surface area contributed by atoms with Gasteiger partial charge in [0.05, 0.1) is 13.2 Å². The summed E-state index contributed by atoms with van der Waals surface area (Å²) in [6.45, 7) is 4.46. The third kappa shape index (κ3) is 4.37. The molecule has 2 heterocycles. The van der Waals surface area contributed by atoms with Crippen LogP contribution in [-0.4, -0.2) is 43.5 Å². The van der Waals surface area contributed by atoms with Crippen LogP contribution < -0.4 is 9.47 Å². The number of hydrogen-bond acceptors (Lipinski definition) is 4. The molecule has 1 aromatic rings. The Bertz CT molecular complexity index is 501. The molecule has 1 fully saturated rings. The van der Waals surface area contributed by atoms with Crippen molar-refractivity contribution in [3.8, 4) is 11.5 Å². The van der Waals surface area contributed by atoms with E-state index in [4.69, 9.17) is 9.47 Å². The lowest BCUT2D eigenvalue weighted by atomic mass is 10.1. The van der Waals surface area contributed by atoms with Crippen molar-refractivity contribution in [2.24, 2.45) is 0 Å². The number of carbonyl (C=O) groups is 1. The van der Waals surface area contributed by atoms with Crippen molar-refractivity contribution in [1.82, 2.24) is 4.90 Å². The number of fused-ring (bicyclic) bond motifs is 1. The summed E-state index contributed by atoms with van der Waals surface area (Å²) in [6.07, 6.45) is 5.32. The molecule has 0 aromatic heterocycles. The van der Waals surface area contributed by atoms with Gasteiger partial charge in [0, 0.05) is 24.9 Å². The van der Waals surface area contributed by atoms with Gasteiger partial charge in [-0.15, -0.1) is 12.4 Å². The fraction of sp³-hybridized carbons (Fsp3) is 0.588. The number of hydrogen-bond donors (Lipinski definition) is 0. The van der Waals surface area contributed by atoms with Crippen LogP contribution >= 0.6 is 12.4 Å². The van der Waals surface area contributed by atoms with Crippen LogP contribution in [0.1, 0.15) is 42.5 Å². The van der Waals surface area contributed by atoms with E-state index >= 15 is 0 Å². The molecule has 2 aliphatic heterocycles. The molecule has 1 aromatic carbocycles. The highest BCUT2D eigenvalue weighted by Gasteiger charge is 2.16. The summed E-state index contributed by atoms with van der Waals surface area (Å²) >= 11 is 0. The summed E-state index contributed by atoms with van der Waals surface area (Å²) in [4.78, 5) is 14.7. The average molecular weight is 326 g/mol. The van der Waals surface area contributed by atoms with Crippen LogP contribution in [-0.2, 0) is 0 Å². The number of ketones is 1. The van der Waals surface area contributed by atoms with Crippen molar-refractivity contribution in [2.75, 3.05) is 32.8 Å². The third-order valence-electron chi connectivity index (χ3n) is 4.17. The molecule has 0 saturated carbocycles. The maximum absolute atomic E-state index is 12.3. The van der Waals surface area contributed by atoms with Crippen LogP contribution in [0.4, 0.5) is 0 Å². The number of halogens is 1. The predicted octanol–water partition coefficient (Wildman–Crippen LogP) is 3.33. The summed E-state index contributed by atoms with van der Waals surface area (Å²) in [6, 6.07) is 5.54. The fourth-order valence-electron chi connectivity index (χ4n) is 2.92. The Morgan fingerprint density at radius 1 is 1.00 bits per heavy atom. The average Bonchev–Trinajstić information content (AvgIpc) is 2.78. The molecule has 0 atom stereocenters. The number of rotatable bonds is 4. The molecule has 0 aliphatic carbocycles. The van der Waals surface area contributed by atoms with Gasteiger partial charge < -0.3 is 14.4 Å². The van der Waals surface area contributed by atoms with Gasteiger partial charge in [0.2, 0.25) is 0 Å². The fourth-order valence-corrected chi connectivity index (χ4v) is 2.92. The Labute approximate surface area is 138 Å². The molecule has 0 bridgehead atoms. The van der Waals surface area contributed by atoms with Crippen molar-refractivity contribution < 1.29 is 14.3 Å². The first-order chi connectivity index (χ1) is 10.3. The zero-order valence-electron chi connectivity index (χ0n) is 12.9. The maximum atomic E-state index is 12.3. The van der Waals surface area contributed by atoms with Gasteiger partial charge in [-0.1, -0.05) is 6.42 Å². The molecule has 0 N–H and O–H groups in total. The van der Waals surface area contributed by atoms with Crippen LogP contribution in [0.2, 0.25) is 0 Å². The van der Waals surface area contributed by atoms with Gasteiger partial charge in [-0.25, -0.2) is 0 Å². The Morgan fingerprint density at radius 2 is 1.73 bits per heavy atom. The SMILES string of the molecule is Cl.O=C(CCN1CCCCC1)c1ccc2c(c1)OCCCO2. The van der Waals surface area contributed by atoms with Crippen molar-refractivity contribution >= 4 is 18.2 Å². The topological polar surface area (TPSA) is 38.8 Å². The Kier molecular flexibility index (Phi) is 6.52. The maximum Gasteiger partial charge on any atom is 0.164 e. The highest BCUT2D eigenvalue weighted by atomic mass is 35.5. The minimum Gasteiger partial charge on any atom is -0.490 e. The van der Waals surface area contributed by atoms with Crippen LogP contribution in [0.5, 0.6) is 11.5 Å². The Hall–Kier alpha value is -1.26. The molecule has 0 radical (unpaired) electrons. The summed E-state index contributed by atoms with van der Waals surface area (Å²) < 4.78 is 11.2. The molecular weight excluding hydrogens is 302 g/mol. The van der Waals surface area contributed by atoms with E-state index in [2.05, 4.69) is 4.90 Å². The molecule has 0 spiro atoms. The second kappa shape index (κ2) is 8.39. The molecule has 0 amide bonds. The number of nitrogens with zero attached hydrogens (tertiary/aromatic N) is 1. The van der Waals surface area contributed by atoms with Gasteiger partial charge in [-0.3, -0.25) is 4.79 Å². The normalized spacial score (nSPS) is 18.2. The van der Waals surface area contributed by atoms with E-state index < -0.39 is 0 Å². The summed E-state index contributed by atoms with van der Waals surface area (Å²) in [5, 5.41) is 0. The first-order valence-corrected chi connectivity index (χ1v) is 7.98. The lowest BCUT2D eigenvalue weighted by Gasteiger charge is -2.25. The quantitative estimate of drug-likeness (QED) is 0.796. The van der Waals surface area contributed by atoms with Gasteiger partial charge >= 0.3 is 0 Å². The first-order valence-electron chi connectivity index (χ1n) is 7.98. The molecule has 3 rings (SSSR count). The van der Waals surface area contributed by atoms with Gasteiger partial charge in [-0.2, -0.15) is 0 Å². The lowest BCUT2D eigenvalue weighted by Crippen LogP contribution is -2.31. The second-order valence-corrected chi connectivity index (χ2v) is 5.79. The lowest BCUT2D eigenvalue weighted by molar-refractivity contribution is 0.0958. The minimum absolute atomic E-state index is 0. The van der Waals surface area contributed by atoms with Crippen LogP contribution in [0.3, 0.4) is 0 Å². The monoisotopic (exact) mass is 325 g/mol. The highest BCUT2D eigenvalue weighted by molar-refractivity contribution is 5.96. The number of Topliss-reactive ketones (excluding diaryl/α,β-unsaturated/α-hetero) is 1. The number of benzene rings is 1. The Balaban J connectivity index is 0.00000176. The highest BCUT2D eigenvalue weighted by Crippen LogP contribution is 2.30. The molecule has 22 heavy (non-hydrogen) atoms. The van der Waals surface area contributed by atoms with Crippen molar-refractivity contribution in [2.45, 2.75) is 32.1 Å². The smallest absolute Gasteiger partial charge is 0.164 e. The van der Waals surface area contributed by atoms with Crippen LogP contribution in [0.15, 0.2) is 18.2 Å². The summed E-state index contributed by atoms with van der Waals surface area (Å²) in [5.41, 5.74) is 0.733. The van der Waals surface area contributed by atoms with Crippen LogP contribution in [0, 0.1) is 0 Å². The van der Waals surface area contributed by atoms with E-state index in [1.165, 1.54) is 19.3 Å². The van der Waals surface area contributed by atoms with Crippen molar-refractivity contribution in [3.63, 3.8) is 0 Å². The first kappa shape index (κ1) is 17.1. The molecule has 5 heteroatoms. The zero-order chi connectivity index (χ0) is 14.5. The number of carbonyl (C=O) groups excluding carboxylic acids is 1. The van der Waals surface area contributed by atoms with E-state index in [-0.39, 0.29) is 18.2 Å². The van der Waals surface area contributed by atoms with Crippen molar-refractivity contribution in [1.29, 1.82) is 0 Å². The van der Waals surface area contributed by atoms with E-state index in [1.54, 1.807) is 0 Å². The molecule has 4 nitrogen and oxygen atoms in total. The standard InChI is InChI=1S/C17H23NO3.ClH/c19-15(7-10-18-8-2-1-3-9-18)14-5-6-16-17(13-14)21-12-4-11-20-16;/h5-6,13H,1-4,7-12H2;1H. The number of likely N-dealkylation sites (tertiary alicyclic amines) is 1. The molecular formula is C17H24ClNO3. The number of piperidine rings is 1. The molecule has 1 saturated heterocycles. The summed E-state index contributed by atoms with van der Waals surface area (Å²) in [5.74, 6) is 1.65. The van der Waals surface area contributed by atoms with E-state index in [1.807, 2.05) is 18.2 Å². The Morgan fingerprint density at radius 3 is 2.50 bits per heavy atom. The molecule has 0 unspecified atom stereocenters. The van der Waals surface area contributed by atoms with Gasteiger partial charge in [0.15, 0.2) is 17.3 Å². The largest absolute Gasteiger partial charge is 0.490 e. The van der Waals surface area contributed by atoms with E-state index in [9.17, 15) is 4.79 Å². The van der Waals surface area contributed by atoms with Crippen LogP contribution in [0.25, 0.3) is 0 Å². The number of ether oxygens (including phenoxy) is 2. The van der Waals surface area contributed by atoms with Crippen molar-refractivity contribution in [3.05, 3.63) is 23.8 Å². The van der Waals surface area contributed by atoms with E-state index in [0.29, 0.717) is 25.4 Å². The second-order valence-electron chi connectivity index (χ2n) is 5.79. The van der Waals surface area contributed by atoms with E-state index in [0.717, 1.165) is 37.4 Å². The molecule has 122 valence electrons. The van der Waals surface area contributed by atoms with Gasteiger partial charge in [0.25, 0.3) is 0 Å². The zero-order valence-corrected chi connectivity index (χ0v) is 13.7. The third-order valence-corrected chi connectivity index (χ3v) is 4.17. The molecule has 2 aliphatic rings. The van der Waals surface area contributed by atoms with Gasteiger partial charge in [-0.05, 0) is 44.1 Å². The van der Waals surface area contributed by atoms with Gasteiger partial charge in [0.1, 0.15) is 0 Å². The summed E-state index contributed by atoms with van der Waals surface area (Å²) in [7, 11) is 0. The minimum atomic E-state index is 0. The predicted molar refractivity (Wildman–Crippen MR) is 88.5 cm³/mol.